The first-order valence-corrected chi connectivity index (χ1v) is 13.7. The Bertz CT molecular complexity index is 1230. The first kappa shape index (κ1) is 23.9. The maximum absolute atomic E-state index is 11.8. The Hall–Kier alpha value is -2.81. The highest BCUT2D eigenvalue weighted by molar-refractivity contribution is 7.88. The summed E-state index contributed by atoms with van der Waals surface area (Å²) in [6.45, 7) is 6.16. The maximum atomic E-state index is 11.8. The Morgan fingerprint density at radius 1 is 1.17 bits per heavy atom. The van der Waals surface area contributed by atoms with Crippen molar-refractivity contribution in [1.29, 1.82) is 0 Å². The number of nitrogens with one attached hydrogen (secondary N) is 2. The molecule has 0 aromatic carbocycles. The average molecular weight is 505 g/mol. The highest BCUT2D eigenvalue weighted by atomic mass is 32.2. The second-order valence-electron chi connectivity index (χ2n) is 9.03. The highest BCUT2D eigenvalue weighted by Gasteiger charge is 2.27. The van der Waals surface area contributed by atoms with Gasteiger partial charge in [0.05, 0.1) is 19.1 Å². The fourth-order valence-corrected chi connectivity index (χ4v) is 5.59. The molecule has 2 N–H and O–H groups in total. The largest absolute Gasteiger partial charge is 0.383 e. The summed E-state index contributed by atoms with van der Waals surface area (Å²) in [6, 6.07) is 0.111. The van der Waals surface area contributed by atoms with E-state index in [1.165, 1.54) is 10.6 Å². The zero-order chi connectivity index (χ0) is 24.4. The van der Waals surface area contributed by atoms with Crippen molar-refractivity contribution in [2.75, 3.05) is 76.0 Å². The Morgan fingerprint density at radius 3 is 2.60 bits per heavy atom. The van der Waals surface area contributed by atoms with Crippen LogP contribution < -0.4 is 10.2 Å². The fraction of sp³-hybridized carbons (Fsp3) is 0.619. The van der Waals surface area contributed by atoms with Crippen molar-refractivity contribution < 1.29 is 13.2 Å². The minimum Gasteiger partial charge on any atom is -0.383 e. The third-order valence-electron chi connectivity index (χ3n) is 6.69. The van der Waals surface area contributed by atoms with Crippen LogP contribution in [-0.4, -0.2) is 119 Å². The van der Waals surface area contributed by atoms with E-state index in [9.17, 15) is 8.42 Å². The molecule has 0 aliphatic carbocycles. The van der Waals surface area contributed by atoms with Gasteiger partial charge in [-0.2, -0.15) is 14.6 Å². The monoisotopic (exact) mass is 504 g/mol. The Morgan fingerprint density at radius 2 is 1.94 bits per heavy atom. The molecule has 190 valence electrons. The summed E-state index contributed by atoms with van der Waals surface area (Å²) in [5, 5.41) is 15.0. The van der Waals surface area contributed by atoms with Gasteiger partial charge in [0.2, 0.25) is 16.0 Å². The molecular weight excluding hydrogens is 472 g/mol. The van der Waals surface area contributed by atoms with Gasteiger partial charge in [-0.25, -0.2) is 17.7 Å². The van der Waals surface area contributed by atoms with E-state index in [4.69, 9.17) is 14.7 Å². The van der Waals surface area contributed by atoms with E-state index in [0.29, 0.717) is 31.9 Å². The molecule has 13 nitrogen and oxygen atoms in total. The van der Waals surface area contributed by atoms with Crippen molar-refractivity contribution >= 4 is 27.3 Å². The number of methoxy groups -OCH3 is 1. The minimum absolute atomic E-state index is 0.111. The standard InChI is InChI=1S/C21H32N10O3S/c1-34-12-11-28-7-9-29(10-8-28)19-18(16-13-23-24-14-16)22-15-31-20(19)26-21(27-31)25-17-3-5-30(6-4-17)35(2,32)33/h13-15,17H,3-12H2,1-2H3,(H,23,24)(H,25,27). The van der Waals surface area contributed by atoms with Gasteiger partial charge in [0.1, 0.15) is 17.7 Å². The number of aromatic amines is 1. The van der Waals surface area contributed by atoms with Gasteiger partial charge in [0.25, 0.3) is 0 Å². The van der Waals surface area contributed by atoms with E-state index < -0.39 is 10.0 Å². The predicted octanol–water partition coefficient (Wildman–Crippen LogP) is 0.119. The molecule has 0 unspecified atom stereocenters. The number of hydrogen-bond acceptors (Lipinski definition) is 10. The highest BCUT2D eigenvalue weighted by Crippen LogP contribution is 2.33. The van der Waals surface area contributed by atoms with Crippen LogP contribution in [0.2, 0.25) is 0 Å². The number of hydrogen-bond donors (Lipinski definition) is 2. The number of sulfonamides is 1. The Balaban J connectivity index is 1.39. The number of nitrogens with zero attached hydrogens (tertiary/aromatic N) is 8. The number of piperidine rings is 1. The van der Waals surface area contributed by atoms with E-state index in [0.717, 1.165) is 61.9 Å². The van der Waals surface area contributed by atoms with Gasteiger partial charge in [-0.1, -0.05) is 0 Å². The van der Waals surface area contributed by atoms with Crippen LogP contribution in [0, 0.1) is 0 Å². The molecule has 2 aliphatic heterocycles. The van der Waals surface area contributed by atoms with Crippen LogP contribution in [0.15, 0.2) is 18.7 Å². The number of piperazine rings is 1. The lowest BCUT2D eigenvalue weighted by molar-refractivity contribution is 0.144. The smallest absolute Gasteiger partial charge is 0.243 e. The summed E-state index contributed by atoms with van der Waals surface area (Å²) >= 11 is 0. The van der Waals surface area contributed by atoms with Crippen molar-refractivity contribution in [3.63, 3.8) is 0 Å². The number of rotatable bonds is 8. The molecule has 3 aromatic heterocycles. The number of fused-ring (bicyclic) bond motifs is 1. The molecule has 0 amide bonds. The summed E-state index contributed by atoms with van der Waals surface area (Å²) in [5.41, 5.74) is 3.39. The van der Waals surface area contributed by atoms with Crippen LogP contribution in [0.3, 0.4) is 0 Å². The summed E-state index contributed by atoms with van der Waals surface area (Å²) in [6.07, 6.45) is 7.95. The van der Waals surface area contributed by atoms with Crippen LogP contribution in [-0.2, 0) is 14.8 Å². The molecule has 14 heteroatoms. The summed E-state index contributed by atoms with van der Waals surface area (Å²) in [4.78, 5) is 14.3. The van der Waals surface area contributed by atoms with Gasteiger partial charge in [0.15, 0.2) is 5.65 Å². The van der Waals surface area contributed by atoms with E-state index in [1.54, 1.807) is 24.1 Å². The van der Waals surface area contributed by atoms with Crippen molar-refractivity contribution in [2.24, 2.45) is 0 Å². The van der Waals surface area contributed by atoms with Crippen molar-refractivity contribution in [2.45, 2.75) is 18.9 Å². The first-order valence-electron chi connectivity index (χ1n) is 11.8. The van der Waals surface area contributed by atoms with Crippen LogP contribution in [0.5, 0.6) is 0 Å². The quantitative estimate of drug-likeness (QED) is 0.435. The number of H-pyrrole nitrogens is 1. The number of anilines is 2. The van der Waals surface area contributed by atoms with Gasteiger partial charge in [0, 0.05) is 70.7 Å². The molecule has 2 fully saturated rings. The fourth-order valence-electron chi connectivity index (χ4n) is 4.72. The molecule has 5 rings (SSSR count). The topological polar surface area (TPSA) is 137 Å². The molecule has 3 aromatic rings. The average Bonchev–Trinajstić information content (AvgIpc) is 3.52. The molecule has 2 aliphatic rings. The van der Waals surface area contributed by atoms with Crippen molar-refractivity contribution in [1.82, 2.24) is 39.0 Å². The zero-order valence-corrected chi connectivity index (χ0v) is 20.9. The zero-order valence-electron chi connectivity index (χ0n) is 20.1. The molecule has 0 radical (unpaired) electrons. The normalized spacial score (nSPS) is 19.0. The van der Waals surface area contributed by atoms with E-state index in [-0.39, 0.29) is 6.04 Å². The number of ether oxygens (including phenoxy) is 1. The third-order valence-corrected chi connectivity index (χ3v) is 7.99. The van der Waals surface area contributed by atoms with Crippen LogP contribution >= 0.6 is 0 Å². The van der Waals surface area contributed by atoms with Crippen molar-refractivity contribution in [3.05, 3.63) is 18.7 Å². The second-order valence-corrected chi connectivity index (χ2v) is 11.0. The maximum Gasteiger partial charge on any atom is 0.243 e. The molecule has 0 spiro atoms. The SMILES string of the molecule is COCCN1CCN(c2c(-c3cn[nH]c3)ncn3nc(NC4CCN(S(C)(=O)=O)CC4)nc23)CC1. The van der Waals surface area contributed by atoms with E-state index >= 15 is 0 Å². The number of aromatic nitrogens is 6. The van der Waals surface area contributed by atoms with Crippen LogP contribution in [0.25, 0.3) is 16.9 Å². The lowest BCUT2D eigenvalue weighted by Crippen LogP contribution is -2.47. The van der Waals surface area contributed by atoms with E-state index in [1.807, 2.05) is 6.20 Å². The molecular formula is C21H32N10O3S. The van der Waals surface area contributed by atoms with Crippen LogP contribution in [0.4, 0.5) is 11.6 Å². The molecule has 0 bridgehead atoms. The van der Waals surface area contributed by atoms with Gasteiger partial charge in [-0.3, -0.25) is 10.00 Å². The van der Waals surface area contributed by atoms with E-state index in [2.05, 4.69) is 30.4 Å². The first-order chi connectivity index (χ1) is 16.9. The molecule has 35 heavy (non-hydrogen) atoms. The lowest BCUT2D eigenvalue weighted by atomic mass is 10.1. The summed E-state index contributed by atoms with van der Waals surface area (Å²) in [7, 11) is -1.43. The Labute approximate surface area is 204 Å². The third kappa shape index (κ3) is 5.24. The minimum atomic E-state index is -3.16. The summed E-state index contributed by atoms with van der Waals surface area (Å²) < 4.78 is 32.1. The van der Waals surface area contributed by atoms with Gasteiger partial charge >= 0.3 is 0 Å². The van der Waals surface area contributed by atoms with Crippen LogP contribution in [0.1, 0.15) is 12.8 Å². The van der Waals surface area contributed by atoms with Gasteiger partial charge in [-0.05, 0) is 12.8 Å². The lowest BCUT2D eigenvalue weighted by Gasteiger charge is -2.36. The van der Waals surface area contributed by atoms with Gasteiger partial charge < -0.3 is 15.0 Å². The van der Waals surface area contributed by atoms with Gasteiger partial charge in [-0.15, -0.1) is 5.10 Å². The Kier molecular flexibility index (Phi) is 6.86. The molecule has 0 atom stereocenters. The molecule has 0 saturated carbocycles. The summed E-state index contributed by atoms with van der Waals surface area (Å²) in [5.74, 6) is 0.522. The second kappa shape index (κ2) is 10.0. The van der Waals surface area contributed by atoms with Crippen molar-refractivity contribution in [3.8, 4) is 11.3 Å². The predicted molar refractivity (Wildman–Crippen MR) is 132 cm³/mol. The molecule has 5 heterocycles. The molecule has 2 saturated heterocycles.